The maximum atomic E-state index is 13.8. The van der Waals surface area contributed by atoms with Gasteiger partial charge in [0.1, 0.15) is 16.6 Å². The summed E-state index contributed by atoms with van der Waals surface area (Å²) in [6, 6.07) is 0.633. The number of anilines is 1. The van der Waals surface area contributed by atoms with E-state index in [4.69, 9.17) is 16.0 Å². The number of nitrogens with zero attached hydrogens (tertiary/aromatic N) is 3. The molecule has 2 aromatic heterocycles. The number of aromatic nitrogens is 2. The van der Waals surface area contributed by atoms with Gasteiger partial charge in [0.25, 0.3) is 5.91 Å². The van der Waals surface area contributed by atoms with Crippen molar-refractivity contribution >= 4 is 23.3 Å². The van der Waals surface area contributed by atoms with E-state index >= 15 is 0 Å². The molecule has 2 aromatic rings. The molecule has 29 heavy (non-hydrogen) atoms. The predicted octanol–water partition coefficient (Wildman–Crippen LogP) is 5.19. The van der Waals surface area contributed by atoms with Gasteiger partial charge in [-0.1, -0.05) is 30.9 Å². The maximum absolute atomic E-state index is 13.8. The monoisotopic (exact) mass is 430 g/mol. The fraction of sp³-hybridized carbons (Fsp3) is 0.579. The van der Waals surface area contributed by atoms with Crippen LogP contribution in [0.5, 0.6) is 0 Å². The zero-order valence-electron chi connectivity index (χ0n) is 15.9. The first-order chi connectivity index (χ1) is 13.8. The average molecular weight is 431 g/mol. The molecule has 10 heteroatoms. The van der Waals surface area contributed by atoms with Crippen LogP contribution in [0.3, 0.4) is 0 Å². The van der Waals surface area contributed by atoms with E-state index < -0.39 is 24.2 Å². The number of fused-ring (bicyclic) bond motifs is 1. The molecule has 1 saturated carbocycles. The zero-order chi connectivity index (χ0) is 20.8. The summed E-state index contributed by atoms with van der Waals surface area (Å²) in [5, 5.41) is 6.88. The molecule has 3 heterocycles. The van der Waals surface area contributed by atoms with Gasteiger partial charge < -0.3 is 14.6 Å². The van der Waals surface area contributed by atoms with Gasteiger partial charge in [-0.15, -0.1) is 0 Å². The lowest BCUT2D eigenvalue weighted by Gasteiger charge is -2.32. The van der Waals surface area contributed by atoms with Gasteiger partial charge >= 0.3 is 6.18 Å². The molecule has 1 aliphatic carbocycles. The second-order valence-electron chi connectivity index (χ2n) is 7.67. The van der Waals surface area contributed by atoms with Crippen molar-refractivity contribution in [3.05, 3.63) is 34.9 Å². The Morgan fingerprint density at radius 1 is 1.34 bits per heavy atom. The molecule has 0 bridgehead atoms. The van der Waals surface area contributed by atoms with Crippen LogP contribution in [0.15, 0.2) is 22.8 Å². The molecule has 158 valence electrons. The van der Waals surface area contributed by atoms with Crippen molar-refractivity contribution in [2.24, 2.45) is 0 Å². The first-order valence-electron chi connectivity index (χ1n) is 9.69. The van der Waals surface area contributed by atoms with Gasteiger partial charge in [-0.25, -0.2) is 4.68 Å². The van der Waals surface area contributed by atoms with E-state index in [0.717, 1.165) is 36.8 Å². The van der Waals surface area contributed by atoms with Crippen molar-refractivity contribution in [1.29, 1.82) is 0 Å². The number of nitrogens with one attached hydrogen (secondary N) is 1. The van der Waals surface area contributed by atoms with Gasteiger partial charge in [-0.3, -0.25) is 4.79 Å². The summed E-state index contributed by atoms with van der Waals surface area (Å²) in [7, 11) is 1.66. The summed E-state index contributed by atoms with van der Waals surface area (Å²) in [5.41, 5.74) is -0.156. The van der Waals surface area contributed by atoms with Crippen LogP contribution in [-0.4, -0.2) is 39.9 Å². The Hall–Kier alpha value is -2.16. The maximum Gasteiger partial charge on any atom is 0.410 e. The molecular weight excluding hydrogens is 409 g/mol. The smallest absolute Gasteiger partial charge is 0.410 e. The van der Waals surface area contributed by atoms with E-state index in [9.17, 15) is 18.0 Å². The third-order valence-corrected chi connectivity index (χ3v) is 6.19. The Balaban J connectivity index is 1.68. The topological polar surface area (TPSA) is 63.3 Å². The quantitative estimate of drug-likeness (QED) is 0.727. The molecule has 4 rings (SSSR count). The van der Waals surface area contributed by atoms with Gasteiger partial charge in [-0.2, -0.15) is 18.3 Å². The van der Waals surface area contributed by atoms with Gasteiger partial charge in [0.15, 0.2) is 11.7 Å². The van der Waals surface area contributed by atoms with Crippen molar-refractivity contribution in [2.75, 3.05) is 12.4 Å². The second kappa shape index (κ2) is 7.59. The summed E-state index contributed by atoms with van der Waals surface area (Å²) in [6.07, 6.45) is 1.47. The lowest BCUT2D eigenvalue weighted by atomic mass is 9.94. The lowest BCUT2D eigenvalue weighted by Crippen LogP contribution is -2.39. The number of furan rings is 1. The standard InChI is InChI=1S/C19H22ClF3N4O2/c1-26(11-6-3-2-4-7-11)18(28)16-15(20)17-24-12(13-8-5-9-29-13)10-14(19(21,22)23)27(17)25-16/h5,8-9,11-12,14,24H,2-4,6-7,10H2,1H3/t12-,14+/m1/s1. The van der Waals surface area contributed by atoms with E-state index in [2.05, 4.69) is 10.4 Å². The van der Waals surface area contributed by atoms with Crippen molar-refractivity contribution in [2.45, 2.75) is 62.8 Å². The number of rotatable bonds is 3. The highest BCUT2D eigenvalue weighted by atomic mass is 35.5. The first-order valence-corrected chi connectivity index (χ1v) is 10.1. The summed E-state index contributed by atoms with van der Waals surface area (Å²) in [6.45, 7) is 0. The van der Waals surface area contributed by atoms with E-state index in [0.29, 0.717) is 5.76 Å². The molecule has 0 unspecified atom stereocenters. The molecule has 2 aliphatic rings. The van der Waals surface area contributed by atoms with E-state index in [1.165, 1.54) is 6.26 Å². The summed E-state index contributed by atoms with van der Waals surface area (Å²) in [4.78, 5) is 14.5. The normalized spacial score (nSPS) is 22.8. The van der Waals surface area contributed by atoms with Crippen LogP contribution in [0.4, 0.5) is 19.0 Å². The van der Waals surface area contributed by atoms with Crippen molar-refractivity contribution in [3.8, 4) is 0 Å². The van der Waals surface area contributed by atoms with Crippen molar-refractivity contribution in [1.82, 2.24) is 14.7 Å². The van der Waals surface area contributed by atoms with E-state index in [1.54, 1.807) is 24.1 Å². The molecule has 1 fully saturated rings. The predicted molar refractivity (Wildman–Crippen MR) is 101 cm³/mol. The zero-order valence-corrected chi connectivity index (χ0v) is 16.6. The van der Waals surface area contributed by atoms with Crippen molar-refractivity contribution < 1.29 is 22.4 Å². The van der Waals surface area contributed by atoms with Crippen LogP contribution >= 0.6 is 11.6 Å². The van der Waals surface area contributed by atoms with Gasteiger partial charge in [0.05, 0.1) is 12.3 Å². The van der Waals surface area contributed by atoms with Gasteiger partial charge in [-0.05, 0) is 25.0 Å². The van der Waals surface area contributed by atoms with Crippen LogP contribution in [0.2, 0.25) is 5.02 Å². The highest BCUT2D eigenvalue weighted by Gasteiger charge is 2.48. The molecular formula is C19H22ClF3N4O2. The molecule has 0 spiro atoms. The minimum atomic E-state index is -4.55. The number of carbonyl (C=O) groups excluding carboxylic acids is 1. The Bertz CT molecular complexity index is 875. The minimum Gasteiger partial charge on any atom is -0.467 e. The lowest BCUT2D eigenvalue weighted by molar-refractivity contribution is -0.174. The Morgan fingerprint density at radius 2 is 2.07 bits per heavy atom. The number of halogens is 4. The molecule has 1 N–H and O–H groups in total. The number of carbonyl (C=O) groups is 1. The molecule has 1 aliphatic heterocycles. The number of alkyl halides is 3. The average Bonchev–Trinajstić information content (AvgIpc) is 3.35. The van der Waals surface area contributed by atoms with Gasteiger partial charge in [0, 0.05) is 19.5 Å². The number of amides is 1. The van der Waals surface area contributed by atoms with E-state index in [-0.39, 0.29) is 29.0 Å². The van der Waals surface area contributed by atoms with Crippen LogP contribution in [0.1, 0.15) is 66.9 Å². The summed E-state index contributed by atoms with van der Waals surface area (Å²) < 4.78 is 47.4. The molecule has 0 saturated heterocycles. The third-order valence-electron chi connectivity index (χ3n) is 5.83. The molecule has 0 aromatic carbocycles. The minimum absolute atomic E-state index is 0.0120. The first kappa shape index (κ1) is 20.1. The fourth-order valence-corrected chi connectivity index (χ4v) is 4.46. The van der Waals surface area contributed by atoms with Crippen LogP contribution in [0.25, 0.3) is 0 Å². The highest BCUT2D eigenvalue weighted by Crippen LogP contribution is 2.46. The van der Waals surface area contributed by atoms with Gasteiger partial charge in [0.2, 0.25) is 0 Å². The third kappa shape index (κ3) is 3.72. The SMILES string of the molecule is CN(C(=O)c1nn2c(c1Cl)N[C@@H](c1ccco1)C[C@H]2C(F)(F)F)C1CCCCC1. The Morgan fingerprint density at radius 3 is 2.69 bits per heavy atom. The number of hydrogen-bond acceptors (Lipinski definition) is 4. The van der Waals surface area contributed by atoms with Crippen LogP contribution in [0, 0.1) is 0 Å². The molecule has 2 atom stereocenters. The van der Waals surface area contributed by atoms with Crippen LogP contribution < -0.4 is 5.32 Å². The fourth-order valence-electron chi connectivity index (χ4n) is 4.20. The summed E-state index contributed by atoms with van der Waals surface area (Å²) in [5.74, 6) is -0.0990. The van der Waals surface area contributed by atoms with E-state index in [1.807, 2.05) is 0 Å². The highest BCUT2D eigenvalue weighted by molar-refractivity contribution is 6.36. The second-order valence-corrected chi connectivity index (χ2v) is 8.05. The molecule has 1 amide bonds. The summed E-state index contributed by atoms with van der Waals surface area (Å²) >= 11 is 6.37. The molecule has 0 radical (unpaired) electrons. The Kier molecular flexibility index (Phi) is 5.27. The Labute approximate surface area is 171 Å². The number of hydrogen-bond donors (Lipinski definition) is 1. The van der Waals surface area contributed by atoms with Crippen LogP contribution in [-0.2, 0) is 0 Å². The molecule has 6 nitrogen and oxygen atoms in total. The largest absolute Gasteiger partial charge is 0.467 e. The van der Waals surface area contributed by atoms with Crippen molar-refractivity contribution in [3.63, 3.8) is 0 Å².